The fourth-order valence-electron chi connectivity index (χ4n) is 4.85. The highest BCUT2D eigenvalue weighted by Gasteiger charge is 2.38. The third kappa shape index (κ3) is 6.47. The number of fused-ring (bicyclic) bond motifs is 1. The van der Waals surface area contributed by atoms with E-state index in [4.69, 9.17) is 19.5 Å². The number of rotatable bonds is 9. The second-order valence-corrected chi connectivity index (χ2v) is 12.4. The molecule has 1 amide bonds. The van der Waals surface area contributed by atoms with Crippen molar-refractivity contribution in [2.45, 2.75) is 18.4 Å². The molecule has 4 aromatic rings. The molecule has 0 saturated carbocycles. The lowest BCUT2D eigenvalue weighted by atomic mass is 10.1. The van der Waals surface area contributed by atoms with E-state index in [1.807, 2.05) is 44.1 Å². The number of nitrogens with one attached hydrogen (secondary N) is 1. The molecule has 1 heterocycles. The second kappa shape index (κ2) is 13.2. The van der Waals surface area contributed by atoms with Crippen LogP contribution >= 0.6 is 0 Å². The monoisotopic (exact) mass is 639 g/mol. The van der Waals surface area contributed by atoms with Gasteiger partial charge in [0.25, 0.3) is 15.9 Å². The Bertz CT molecular complexity index is 1970. The topological polar surface area (TPSA) is 130 Å². The van der Waals surface area contributed by atoms with E-state index in [2.05, 4.69) is 5.32 Å². The van der Waals surface area contributed by atoms with Crippen LogP contribution in [0.25, 0.3) is 0 Å². The van der Waals surface area contributed by atoms with E-state index in [1.54, 1.807) is 48.5 Å². The summed E-state index contributed by atoms with van der Waals surface area (Å²) in [5.74, 6) is -1.30. The van der Waals surface area contributed by atoms with Gasteiger partial charge in [-0.05, 0) is 66.6 Å². The van der Waals surface area contributed by atoms with Gasteiger partial charge in [0.15, 0.2) is 11.5 Å². The molecule has 5 rings (SSSR count). The summed E-state index contributed by atoms with van der Waals surface area (Å²) in [5, 5.41) is 2.77. The van der Waals surface area contributed by atoms with Gasteiger partial charge in [0, 0.05) is 19.8 Å². The van der Waals surface area contributed by atoms with Crippen LogP contribution in [0.15, 0.2) is 106 Å². The van der Waals surface area contributed by atoms with Crippen LogP contribution in [0.5, 0.6) is 5.75 Å². The highest BCUT2D eigenvalue weighted by Crippen LogP contribution is 2.35. The summed E-state index contributed by atoms with van der Waals surface area (Å²) in [7, 11) is 2.30. The number of anilines is 2. The van der Waals surface area contributed by atoms with Gasteiger partial charge < -0.3 is 19.7 Å². The normalized spacial score (nSPS) is 13.7. The Labute approximate surface area is 267 Å². The number of ether oxygens (including phenoxy) is 2. The number of methoxy groups -OCH3 is 2. The number of amidine groups is 1. The van der Waals surface area contributed by atoms with Gasteiger partial charge in [-0.15, -0.1) is 0 Å². The van der Waals surface area contributed by atoms with Crippen molar-refractivity contribution in [1.29, 1.82) is 0 Å². The Kier molecular flexibility index (Phi) is 9.19. The van der Waals surface area contributed by atoms with Crippen LogP contribution < -0.4 is 15.0 Å². The number of esters is 1. The van der Waals surface area contributed by atoms with E-state index >= 15 is 0 Å². The zero-order valence-electron chi connectivity index (χ0n) is 26.0. The first-order chi connectivity index (χ1) is 22.0. The SMILES string of the molecule is COC(=O)c1ccc(OC)c(NC(=O)C(=Nc2ccc(N(C)C)cc2C)C2=Nc3ccccc3S(=O)(=O)N2Cc2ccccc2)c1. The van der Waals surface area contributed by atoms with Gasteiger partial charge in [0.2, 0.25) is 0 Å². The Hall–Kier alpha value is -5.49. The molecular formula is C34H33N5O6S. The predicted molar refractivity (Wildman–Crippen MR) is 178 cm³/mol. The summed E-state index contributed by atoms with van der Waals surface area (Å²) in [5.41, 5.74) is 3.01. The summed E-state index contributed by atoms with van der Waals surface area (Å²) >= 11 is 0. The molecule has 0 atom stereocenters. The number of carbonyl (C=O) groups is 2. The lowest BCUT2D eigenvalue weighted by Crippen LogP contribution is -2.46. The minimum absolute atomic E-state index is 0.00778. The molecule has 4 aromatic carbocycles. The first-order valence-electron chi connectivity index (χ1n) is 14.2. The van der Waals surface area contributed by atoms with E-state index in [-0.39, 0.29) is 45.7 Å². The van der Waals surface area contributed by atoms with Crippen molar-refractivity contribution in [2.24, 2.45) is 9.98 Å². The third-order valence-electron chi connectivity index (χ3n) is 7.29. The zero-order valence-corrected chi connectivity index (χ0v) is 26.8. The van der Waals surface area contributed by atoms with Crippen molar-refractivity contribution in [3.63, 3.8) is 0 Å². The van der Waals surface area contributed by atoms with Crippen molar-refractivity contribution in [1.82, 2.24) is 4.31 Å². The molecule has 11 nitrogen and oxygen atoms in total. The average molecular weight is 640 g/mol. The minimum atomic E-state index is -4.19. The Morgan fingerprint density at radius 2 is 1.65 bits per heavy atom. The molecule has 0 aromatic heterocycles. The van der Waals surface area contributed by atoms with Crippen LogP contribution in [0.2, 0.25) is 0 Å². The number of carbonyl (C=O) groups excluding carboxylic acids is 2. The highest BCUT2D eigenvalue weighted by molar-refractivity contribution is 7.90. The van der Waals surface area contributed by atoms with E-state index < -0.39 is 21.9 Å². The van der Waals surface area contributed by atoms with Crippen LogP contribution in [0, 0.1) is 6.92 Å². The maximum Gasteiger partial charge on any atom is 0.337 e. The van der Waals surface area contributed by atoms with Crippen molar-refractivity contribution in [3.05, 3.63) is 108 Å². The second-order valence-electron chi connectivity index (χ2n) is 10.6. The van der Waals surface area contributed by atoms with Crippen LogP contribution in [-0.2, 0) is 26.1 Å². The van der Waals surface area contributed by atoms with E-state index in [9.17, 15) is 18.0 Å². The quantitative estimate of drug-likeness (QED) is 0.189. The molecule has 0 radical (unpaired) electrons. The molecule has 0 saturated heterocycles. The molecular weight excluding hydrogens is 606 g/mol. The Balaban J connectivity index is 1.72. The predicted octanol–water partition coefficient (Wildman–Crippen LogP) is 5.50. The van der Waals surface area contributed by atoms with E-state index in [1.165, 1.54) is 38.5 Å². The van der Waals surface area contributed by atoms with Gasteiger partial charge in [-0.1, -0.05) is 42.5 Å². The number of sulfonamides is 1. The van der Waals surface area contributed by atoms with Crippen molar-refractivity contribution in [3.8, 4) is 5.75 Å². The van der Waals surface area contributed by atoms with Crippen molar-refractivity contribution >= 4 is 56.2 Å². The molecule has 0 aliphatic carbocycles. The number of nitrogens with zero attached hydrogens (tertiary/aromatic N) is 4. The molecule has 1 aliphatic heterocycles. The smallest absolute Gasteiger partial charge is 0.337 e. The fourth-order valence-corrected chi connectivity index (χ4v) is 6.39. The molecule has 0 spiro atoms. The number of hydrogen-bond donors (Lipinski definition) is 1. The molecule has 1 N–H and O–H groups in total. The number of hydrogen-bond acceptors (Lipinski definition) is 9. The molecule has 0 fully saturated rings. The molecule has 236 valence electrons. The lowest BCUT2D eigenvalue weighted by Gasteiger charge is -2.30. The van der Waals surface area contributed by atoms with Crippen molar-refractivity contribution < 1.29 is 27.5 Å². The average Bonchev–Trinajstić information content (AvgIpc) is 3.05. The van der Waals surface area contributed by atoms with Crippen LogP contribution in [-0.4, -0.2) is 64.5 Å². The van der Waals surface area contributed by atoms with Gasteiger partial charge in [0.1, 0.15) is 10.6 Å². The number of aliphatic imine (C=N–C) groups is 2. The summed E-state index contributed by atoms with van der Waals surface area (Å²) in [4.78, 5) is 38.0. The summed E-state index contributed by atoms with van der Waals surface area (Å²) < 4.78 is 39.7. The first kappa shape index (κ1) is 31.9. The largest absolute Gasteiger partial charge is 0.495 e. The Morgan fingerprint density at radius 3 is 2.33 bits per heavy atom. The lowest BCUT2D eigenvalue weighted by molar-refractivity contribution is -0.110. The van der Waals surface area contributed by atoms with Crippen LogP contribution in [0.3, 0.4) is 0 Å². The summed E-state index contributed by atoms with van der Waals surface area (Å²) in [6.45, 7) is 1.74. The highest BCUT2D eigenvalue weighted by atomic mass is 32.2. The van der Waals surface area contributed by atoms with Gasteiger partial charge in [-0.2, -0.15) is 0 Å². The summed E-state index contributed by atoms with van der Waals surface area (Å²) in [6.07, 6.45) is 0. The van der Waals surface area contributed by atoms with Gasteiger partial charge in [-0.25, -0.2) is 27.5 Å². The number of aryl methyl sites for hydroxylation is 1. The minimum Gasteiger partial charge on any atom is -0.495 e. The molecule has 0 unspecified atom stereocenters. The number of para-hydroxylation sites is 1. The van der Waals surface area contributed by atoms with Crippen LogP contribution in [0.4, 0.5) is 22.7 Å². The number of amides is 1. The van der Waals surface area contributed by atoms with Crippen LogP contribution in [0.1, 0.15) is 21.5 Å². The maximum atomic E-state index is 14.3. The number of benzene rings is 4. The van der Waals surface area contributed by atoms with Crippen molar-refractivity contribution in [2.75, 3.05) is 38.5 Å². The zero-order chi connectivity index (χ0) is 33.0. The van der Waals surface area contributed by atoms with Gasteiger partial charge >= 0.3 is 5.97 Å². The molecule has 1 aliphatic rings. The summed E-state index contributed by atoms with van der Waals surface area (Å²) in [6, 6.07) is 25.3. The van der Waals surface area contributed by atoms with E-state index in [0.717, 1.165) is 15.6 Å². The third-order valence-corrected chi connectivity index (χ3v) is 9.07. The first-order valence-corrected chi connectivity index (χ1v) is 15.7. The Morgan fingerprint density at radius 1 is 0.935 bits per heavy atom. The van der Waals surface area contributed by atoms with E-state index in [0.29, 0.717) is 11.3 Å². The maximum absolute atomic E-state index is 14.3. The fraction of sp³-hybridized carbons (Fsp3) is 0.176. The standard InChI is InChI=1S/C34H33N5O6S/c1-22-19-25(38(2)3)16-17-26(22)35-31(33(40)37-28-20-24(34(41)45-5)15-18-29(28)44-4)32-36-27-13-9-10-14-30(27)46(42,43)39(32)21-23-11-7-6-8-12-23/h6-20H,21H2,1-5H3,(H,37,40). The van der Waals surface area contributed by atoms with Gasteiger partial charge in [-0.3, -0.25) is 4.79 Å². The van der Waals surface area contributed by atoms with Gasteiger partial charge in [0.05, 0.1) is 43.4 Å². The molecule has 0 bridgehead atoms. The molecule has 12 heteroatoms. The molecule has 46 heavy (non-hydrogen) atoms.